The number of hydrogen-bond acceptors (Lipinski definition) is 8. The first kappa shape index (κ1) is 39.4. The summed E-state index contributed by atoms with van der Waals surface area (Å²) in [4.78, 5) is 63.2. The number of carboxylic acid groups (broad SMARTS) is 3. The van der Waals surface area contributed by atoms with Gasteiger partial charge in [-0.3, -0.25) is 14.4 Å². The molecule has 1 saturated heterocycles. The van der Waals surface area contributed by atoms with E-state index >= 15 is 0 Å². The second kappa shape index (κ2) is 21.2. The summed E-state index contributed by atoms with van der Waals surface area (Å²) < 4.78 is 5.37. The van der Waals surface area contributed by atoms with Crippen molar-refractivity contribution in [1.29, 1.82) is 0 Å². The Morgan fingerprint density at radius 1 is 0.894 bits per heavy atom. The molecule has 0 bridgehead atoms. The lowest BCUT2D eigenvalue weighted by Gasteiger charge is -2.30. The van der Waals surface area contributed by atoms with E-state index in [1.807, 2.05) is 12.1 Å². The molecule has 262 valence electrons. The molecule has 1 aromatic carbocycles. The van der Waals surface area contributed by atoms with Gasteiger partial charge in [-0.2, -0.15) is 0 Å². The van der Waals surface area contributed by atoms with Crippen LogP contribution in [-0.2, 0) is 35.1 Å². The number of morpholine rings is 1. The smallest absolute Gasteiger partial charge is 0.337 e. The van der Waals surface area contributed by atoms with Crippen LogP contribution in [0.3, 0.4) is 0 Å². The molecule has 12 nitrogen and oxygen atoms in total. The van der Waals surface area contributed by atoms with E-state index in [2.05, 4.69) is 17.1 Å². The SMILES string of the molecule is CCCCCCCC(=O)CCCCCCC=C[C@H](C(=O)N[C@@H](Cc1ccc(N2CCOCC2)cc1)C(=O)O)[C@@](O)(CC(=O)O)C(=O)O. The van der Waals surface area contributed by atoms with Gasteiger partial charge in [-0.05, 0) is 43.4 Å². The maximum absolute atomic E-state index is 13.3. The van der Waals surface area contributed by atoms with Crippen molar-refractivity contribution in [3.8, 4) is 0 Å². The Kier molecular flexibility index (Phi) is 17.8. The number of benzene rings is 1. The quantitative estimate of drug-likeness (QED) is 0.0782. The molecular weight excluding hydrogens is 608 g/mol. The molecule has 1 aromatic rings. The first-order chi connectivity index (χ1) is 22.5. The lowest BCUT2D eigenvalue weighted by Crippen LogP contribution is -2.55. The van der Waals surface area contributed by atoms with Crippen LogP contribution in [0.25, 0.3) is 0 Å². The summed E-state index contributed by atoms with van der Waals surface area (Å²) in [6, 6.07) is 5.71. The number of rotatable bonds is 24. The Morgan fingerprint density at radius 2 is 1.49 bits per heavy atom. The van der Waals surface area contributed by atoms with E-state index in [4.69, 9.17) is 4.74 Å². The van der Waals surface area contributed by atoms with E-state index in [9.17, 15) is 44.4 Å². The van der Waals surface area contributed by atoms with Crippen LogP contribution in [0.5, 0.6) is 0 Å². The number of nitrogens with zero attached hydrogens (tertiary/aromatic N) is 1. The molecule has 1 heterocycles. The van der Waals surface area contributed by atoms with Crippen LogP contribution in [0.2, 0.25) is 0 Å². The number of Topliss-reactive ketones (excluding diaryl/α,β-unsaturated/α-hetero) is 1. The molecular formula is C35H52N2O10. The molecule has 1 aliphatic heterocycles. The number of aliphatic carboxylic acids is 3. The predicted octanol–water partition coefficient (Wildman–Crippen LogP) is 4.37. The third-order valence-electron chi connectivity index (χ3n) is 8.42. The first-order valence-electron chi connectivity index (χ1n) is 16.8. The molecule has 0 aliphatic carbocycles. The van der Waals surface area contributed by atoms with Gasteiger partial charge in [-0.15, -0.1) is 0 Å². The number of anilines is 1. The third-order valence-corrected chi connectivity index (χ3v) is 8.42. The van der Waals surface area contributed by atoms with E-state index in [-0.39, 0.29) is 12.2 Å². The number of aliphatic hydroxyl groups is 1. The zero-order valence-electron chi connectivity index (χ0n) is 27.5. The number of ketones is 1. The van der Waals surface area contributed by atoms with Crippen LogP contribution in [0, 0.1) is 5.92 Å². The van der Waals surface area contributed by atoms with Crippen molar-refractivity contribution in [3.63, 3.8) is 0 Å². The van der Waals surface area contributed by atoms with Gasteiger partial charge in [-0.25, -0.2) is 9.59 Å². The van der Waals surface area contributed by atoms with Crippen LogP contribution < -0.4 is 10.2 Å². The summed E-state index contributed by atoms with van der Waals surface area (Å²) in [5.41, 5.74) is -1.46. The van der Waals surface area contributed by atoms with E-state index in [1.54, 1.807) is 12.1 Å². The van der Waals surface area contributed by atoms with Crippen molar-refractivity contribution in [3.05, 3.63) is 42.0 Å². The molecule has 1 fully saturated rings. The van der Waals surface area contributed by atoms with Gasteiger partial charge in [0.25, 0.3) is 0 Å². The molecule has 0 spiro atoms. The Labute approximate surface area is 277 Å². The van der Waals surface area contributed by atoms with Gasteiger partial charge < -0.3 is 35.4 Å². The maximum atomic E-state index is 13.3. The van der Waals surface area contributed by atoms with Crippen molar-refractivity contribution in [2.45, 2.75) is 108 Å². The minimum absolute atomic E-state index is 0.118. The molecule has 1 aliphatic rings. The maximum Gasteiger partial charge on any atom is 0.337 e. The second-order valence-electron chi connectivity index (χ2n) is 12.2. The largest absolute Gasteiger partial charge is 0.481 e. The van der Waals surface area contributed by atoms with Crippen molar-refractivity contribution in [2.24, 2.45) is 5.92 Å². The number of unbranched alkanes of at least 4 members (excludes halogenated alkanes) is 8. The molecule has 0 aromatic heterocycles. The van der Waals surface area contributed by atoms with E-state index in [1.165, 1.54) is 12.5 Å². The Bertz CT molecular complexity index is 1180. The average molecular weight is 661 g/mol. The highest BCUT2D eigenvalue weighted by atomic mass is 16.5. The number of hydrogen-bond donors (Lipinski definition) is 5. The summed E-state index contributed by atoms with van der Waals surface area (Å²) >= 11 is 0. The summed E-state index contributed by atoms with van der Waals surface area (Å²) in [7, 11) is 0. The molecule has 1 amide bonds. The average Bonchev–Trinajstić information content (AvgIpc) is 3.03. The predicted molar refractivity (Wildman–Crippen MR) is 176 cm³/mol. The fraction of sp³-hybridized carbons (Fsp3) is 0.629. The lowest BCUT2D eigenvalue weighted by atomic mass is 9.82. The molecule has 0 radical (unpaired) electrons. The van der Waals surface area contributed by atoms with Gasteiger partial charge >= 0.3 is 17.9 Å². The van der Waals surface area contributed by atoms with Crippen LogP contribution >= 0.6 is 0 Å². The highest BCUT2D eigenvalue weighted by Gasteiger charge is 2.49. The van der Waals surface area contributed by atoms with Crippen LogP contribution in [0.4, 0.5) is 5.69 Å². The molecule has 3 atom stereocenters. The molecule has 5 N–H and O–H groups in total. The normalized spacial score (nSPS) is 15.9. The number of allylic oxidation sites excluding steroid dienone is 1. The fourth-order valence-electron chi connectivity index (χ4n) is 5.60. The van der Waals surface area contributed by atoms with Crippen LogP contribution in [0.15, 0.2) is 36.4 Å². The molecule has 0 saturated carbocycles. The first-order valence-corrected chi connectivity index (χ1v) is 16.8. The number of nitrogens with one attached hydrogen (secondary N) is 1. The van der Waals surface area contributed by atoms with E-state index < -0.39 is 47.8 Å². The van der Waals surface area contributed by atoms with Gasteiger partial charge in [0.15, 0.2) is 5.60 Å². The summed E-state index contributed by atoms with van der Waals surface area (Å²) in [5, 5.41) is 42.2. The molecule has 12 heteroatoms. The number of carboxylic acids is 3. The standard InChI is InChI=1S/C35H52N2O10/c1-2-3-4-7-10-13-28(38)14-11-8-5-6-9-12-15-29(35(46,34(44)45)25-31(39)40)32(41)36-30(33(42)43)24-26-16-18-27(19-17-26)37-20-22-47-23-21-37/h12,15-19,29-30,46H,2-11,13-14,20-25H2,1H3,(H,36,41)(H,39,40)(H,42,43)(H,44,45)/t29-,30+,35+/m1/s1. The molecule has 47 heavy (non-hydrogen) atoms. The topological polar surface area (TPSA) is 191 Å². The summed E-state index contributed by atoms with van der Waals surface area (Å²) in [6.45, 7) is 4.82. The zero-order valence-corrected chi connectivity index (χ0v) is 27.5. The highest BCUT2D eigenvalue weighted by Crippen LogP contribution is 2.26. The number of carbonyl (C=O) groups excluding carboxylic acids is 2. The van der Waals surface area contributed by atoms with E-state index in [0.29, 0.717) is 44.5 Å². The summed E-state index contributed by atoms with van der Waals surface area (Å²) in [6.07, 6.45) is 11.4. The minimum atomic E-state index is -3.01. The van der Waals surface area contributed by atoms with E-state index in [0.717, 1.165) is 69.8 Å². The fourth-order valence-corrected chi connectivity index (χ4v) is 5.60. The van der Waals surface area contributed by atoms with Crippen molar-refractivity contribution < 1.29 is 49.1 Å². The Balaban J connectivity index is 1.99. The third kappa shape index (κ3) is 14.3. The van der Waals surface area contributed by atoms with Gasteiger partial charge in [0.2, 0.25) is 5.91 Å². The van der Waals surface area contributed by atoms with Crippen LogP contribution in [0.1, 0.15) is 96.0 Å². The monoisotopic (exact) mass is 660 g/mol. The highest BCUT2D eigenvalue weighted by molar-refractivity contribution is 5.94. The number of ether oxygens (including phenoxy) is 1. The van der Waals surface area contributed by atoms with Crippen molar-refractivity contribution in [2.75, 3.05) is 31.2 Å². The van der Waals surface area contributed by atoms with Crippen molar-refractivity contribution >= 4 is 35.3 Å². The lowest BCUT2D eigenvalue weighted by molar-refractivity contribution is -0.172. The second-order valence-corrected chi connectivity index (χ2v) is 12.2. The molecule has 2 rings (SSSR count). The van der Waals surface area contributed by atoms with Crippen molar-refractivity contribution in [1.82, 2.24) is 5.32 Å². The Morgan fingerprint density at radius 3 is 2.04 bits per heavy atom. The van der Waals surface area contributed by atoms with Crippen LogP contribution in [-0.4, -0.2) is 88.0 Å². The number of amides is 1. The molecule has 0 unspecified atom stereocenters. The number of carbonyl (C=O) groups is 5. The zero-order chi connectivity index (χ0) is 34.7. The van der Waals surface area contributed by atoms with Gasteiger partial charge in [0, 0.05) is 38.0 Å². The van der Waals surface area contributed by atoms with Gasteiger partial charge in [-0.1, -0.05) is 69.7 Å². The van der Waals surface area contributed by atoms with Gasteiger partial charge in [0.1, 0.15) is 11.8 Å². The summed E-state index contributed by atoms with van der Waals surface area (Å²) in [5.74, 6) is -7.62. The van der Waals surface area contributed by atoms with Gasteiger partial charge in [0.05, 0.1) is 25.6 Å². The minimum Gasteiger partial charge on any atom is -0.481 e. The Hall–Kier alpha value is -3.77.